The van der Waals surface area contributed by atoms with Gasteiger partial charge in [-0.25, -0.2) is 0 Å². The SMILES string of the molecule is Cc1c(N)cccc1CN(C)CCC(F)(F)F. The van der Waals surface area contributed by atoms with Crippen LogP contribution in [-0.2, 0) is 6.54 Å². The van der Waals surface area contributed by atoms with Crippen LogP contribution in [0.25, 0.3) is 0 Å². The second-order valence-corrected chi connectivity index (χ2v) is 4.23. The molecule has 0 aromatic heterocycles. The minimum atomic E-state index is -4.10. The van der Waals surface area contributed by atoms with E-state index in [1.54, 1.807) is 18.0 Å². The molecule has 17 heavy (non-hydrogen) atoms. The summed E-state index contributed by atoms with van der Waals surface area (Å²) >= 11 is 0. The molecule has 0 radical (unpaired) electrons. The van der Waals surface area contributed by atoms with Gasteiger partial charge in [-0.3, -0.25) is 0 Å². The summed E-state index contributed by atoms with van der Waals surface area (Å²) in [6.45, 7) is 2.35. The molecule has 0 aliphatic carbocycles. The van der Waals surface area contributed by atoms with Crippen molar-refractivity contribution in [2.75, 3.05) is 19.3 Å². The average molecular weight is 246 g/mol. The Hall–Kier alpha value is -1.23. The topological polar surface area (TPSA) is 29.3 Å². The molecule has 0 aliphatic rings. The predicted octanol–water partition coefficient (Wildman–Crippen LogP) is 2.96. The van der Waals surface area contributed by atoms with Crippen molar-refractivity contribution in [1.29, 1.82) is 0 Å². The highest BCUT2D eigenvalue weighted by atomic mass is 19.4. The number of hydrogen-bond donors (Lipinski definition) is 1. The summed E-state index contributed by atoms with van der Waals surface area (Å²) in [5, 5.41) is 0. The van der Waals surface area contributed by atoms with Crippen molar-refractivity contribution in [3.05, 3.63) is 29.3 Å². The standard InChI is InChI=1S/C12H17F3N2/c1-9-10(4-3-5-11(9)16)8-17(2)7-6-12(13,14)15/h3-5H,6-8,16H2,1-2H3. The van der Waals surface area contributed by atoms with Gasteiger partial charge in [0.1, 0.15) is 0 Å². The summed E-state index contributed by atoms with van der Waals surface area (Å²) in [7, 11) is 1.67. The second kappa shape index (κ2) is 5.40. The lowest BCUT2D eigenvalue weighted by Crippen LogP contribution is -2.24. The second-order valence-electron chi connectivity index (χ2n) is 4.23. The van der Waals surface area contributed by atoms with Crippen molar-refractivity contribution < 1.29 is 13.2 Å². The summed E-state index contributed by atoms with van der Waals surface area (Å²) in [5.41, 5.74) is 8.32. The van der Waals surface area contributed by atoms with E-state index in [0.717, 1.165) is 11.1 Å². The number of hydrogen-bond acceptors (Lipinski definition) is 2. The number of anilines is 1. The molecule has 5 heteroatoms. The molecule has 0 bridgehead atoms. The normalized spacial score (nSPS) is 12.1. The summed E-state index contributed by atoms with van der Waals surface area (Å²) in [6, 6.07) is 5.49. The van der Waals surface area contributed by atoms with Crippen molar-refractivity contribution in [1.82, 2.24) is 4.90 Å². The first-order chi connectivity index (χ1) is 7.79. The van der Waals surface area contributed by atoms with Gasteiger partial charge in [-0.2, -0.15) is 13.2 Å². The number of rotatable bonds is 4. The van der Waals surface area contributed by atoms with Gasteiger partial charge in [-0.15, -0.1) is 0 Å². The Morgan fingerprint density at radius 2 is 1.94 bits per heavy atom. The third-order valence-corrected chi connectivity index (χ3v) is 2.71. The van der Waals surface area contributed by atoms with E-state index in [2.05, 4.69) is 0 Å². The van der Waals surface area contributed by atoms with E-state index >= 15 is 0 Å². The molecule has 1 rings (SSSR count). The third kappa shape index (κ3) is 4.65. The average Bonchev–Trinajstić information content (AvgIpc) is 2.21. The van der Waals surface area contributed by atoms with Gasteiger partial charge in [0, 0.05) is 18.8 Å². The van der Waals surface area contributed by atoms with E-state index in [-0.39, 0.29) is 6.54 Å². The van der Waals surface area contributed by atoms with Gasteiger partial charge in [0.15, 0.2) is 0 Å². The molecular weight excluding hydrogens is 229 g/mol. The fourth-order valence-electron chi connectivity index (χ4n) is 1.56. The molecule has 0 aliphatic heterocycles. The Morgan fingerprint density at radius 1 is 1.29 bits per heavy atom. The Morgan fingerprint density at radius 3 is 2.53 bits per heavy atom. The smallest absolute Gasteiger partial charge is 0.390 e. The maximum atomic E-state index is 12.1. The van der Waals surface area contributed by atoms with Gasteiger partial charge < -0.3 is 10.6 Å². The van der Waals surface area contributed by atoms with Crippen molar-refractivity contribution >= 4 is 5.69 Å². The van der Waals surface area contributed by atoms with Gasteiger partial charge in [0.05, 0.1) is 6.42 Å². The zero-order valence-electron chi connectivity index (χ0n) is 10.0. The number of nitrogens with two attached hydrogens (primary N) is 1. The van der Waals surface area contributed by atoms with Crippen LogP contribution in [-0.4, -0.2) is 24.7 Å². The Bertz CT molecular complexity index is 375. The molecule has 2 nitrogen and oxygen atoms in total. The number of benzene rings is 1. The van der Waals surface area contributed by atoms with E-state index in [0.29, 0.717) is 12.2 Å². The summed E-state index contributed by atoms with van der Waals surface area (Å²) in [4.78, 5) is 1.65. The van der Waals surface area contributed by atoms with Crippen molar-refractivity contribution in [3.63, 3.8) is 0 Å². The van der Waals surface area contributed by atoms with E-state index in [4.69, 9.17) is 5.73 Å². The maximum absolute atomic E-state index is 12.1. The van der Waals surface area contributed by atoms with E-state index in [1.165, 1.54) is 0 Å². The van der Waals surface area contributed by atoms with Crippen molar-refractivity contribution in [2.45, 2.75) is 26.1 Å². The van der Waals surface area contributed by atoms with Gasteiger partial charge in [0.25, 0.3) is 0 Å². The van der Waals surface area contributed by atoms with Gasteiger partial charge >= 0.3 is 6.18 Å². The number of nitrogens with zero attached hydrogens (tertiary/aromatic N) is 1. The summed E-state index contributed by atoms with van der Waals surface area (Å²) < 4.78 is 36.2. The molecule has 0 spiro atoms. The van der Waals surface area contributed by atoms with Crippen LogP contribution in [0.2, 0.25) is 0 Å². The van der Waals surface area contributed by atoms with Crippen LogP contribution in [0.15, 0.2) is 18.2 Å². The molecule has 0 saturated heterocycles. The van der Waals surface area contributed by atoms with Gasteiger partial charge in [0.2, 0.25) is 0 Å². The van der Waals surface area contributed by atoms with Crippen molar-refractivity contribution in [2.24, 2.45) is 0 Å². The summed E-state index contributed by atoms with van der Waals surface area (Å²) in [6.07, 6.45) is -4.89. The largest absolute Gasteiger partial charge is 0.399 e. The highest BCUT2D eigenvalue weighted by Gasteiger charge is 2.27. The number of alkyl halides is 3. The molecule has 2 N–H and O–H groups in total. The fraction of sp³-hybridized carbons (Fsp3) is 0.500. The molecule has 0 unspecified atom stereocenters. The number of nitrogen functional groups attached to an aromatic ring is 1. The third-order valence-electron chi connectivity index (χ3n) is 2.71. The van der Waals surface area contributed by atoms with E-state index in [1.807, 2.05) is 19.1 Å². The molecule has 0 atom stereocenters. The van der Waals surface area contributed by atoms with Crippen LogP contribution in [0.5, 0.6) is 0 Å². The van der Waals surface area contributed by atoms with Crippen molar-refractivity contribution in [3.8, 4) is 0 Å². The zero-order valence-corrected chi connectivity index (χ0v) is 10.0. The minimum Gasteiger partial charge on any atom is -0.399 e. The number of halogens is 3. The highest BCUT2D eigenvalue weighted by molar-refractivity contribution is 5.49. The van der Waals surface area contributed by atoms with Crippen LogP contribution >= 0.6 is 0 Å². The van der Waals surface area contributed by atoms with Crippen LogP contribution in [0, 0.1) is 6.92 Å². The lowest BCUT2D eigenvalue weighted by Gasteiger charge is -2.19. The summed E-state index contributed by atoms with van der Waals surface area (Å²) in [5.74, 6) is 0. The molecule has 0 fully saturated rings. The minimum absolute atomic E-state index is 0.00224. The quantitative estimate of drug-likeness (QED) is 0.827. The first-order valence-electron chi connectivity index (χ1n) is 5.39. The molecule has 1 aromatic carbocycles. The van der Waals surface area contributed by atoms with Crippen LogP contribution in [0.3, 0.4) is 0 Å². The van der Waals surface area contributed by atoms with Gasteiger partial charge in [-0.1, -0.05) is 12.1 Å². The zero-order chi connectivity index (χ0) is 13.1. The molecule has 0 amide bonds. The van der Waals surface area contributed by atoms with Crippen LogP contribution in [0.4, 0.5) is 18.9 Å². The van der Waals surface area contributed by atoms with Crippen LogP contribution in [0.1, 0.15) is 17.5 Å². The fourth-order valence-corrected chi connectivity index (χ4v) is 1.56. The van der Waals surface area contributed by atoms with E-state index in [9.17, 15) is 13.2 Å². The Balaban J connectivity index is 2.56. The highest BCUT2D eigenvalue weighted by Crippen LogP contribution is 2.21. The lowest BCUT2D eigenvalue weighted by atomic mass is 10.1. The lowest BCUT2D eigenvalue weighted by molar-refractivity contribution is -0.137. The maximum Gasteiger partial charge on any atom is 0.390 e. The molecule has 1 aromatic rings. The first-order valence-corrected chi connectivity index (χ1v) is 5.39. The van der Waals surface area contributed by atoms with Crippen LogP contribution < -0.4 is 5.73 Å². The Kier molecular flexibility index (Phi) is 4.40. The molecule has 0 saturated carbocycles. The molecule has 96 valence electrons. The Labute approximate surface area is 99.2 Å². The molecular formula is C12H17F3N2. The monoisotopic (exact) mass is 246 g/mol. The molecule has 0 heterocycles. The van der Waals surface area contributed by atoms with E-state index < -0.39 is 12.6 Å². The predicted molar refractivity (Wildman–Crippen MR) is 62.6 cm³/mol. The van der Waals surface area contributed by atoms with Gasteiger partial charge in [-0.05, 0) is 31.2 Å². The first kappa shape index (κ1) is 13.8.